The Morgan fingerprint density at radius 2 is 0.756 bits per heavy atom. The fraction of sp³-hybridized carbons (Fsp3) is 0.440. The molecule has 0 aliphatic rings. The molecule has 0 saturated heterocycles. The first-order chi connectivity index (χ1) is 18.5. The minimum atomic E-state index is -5.35. The van der Waals surface area contributed by atoms with Crippen LogP contribution >= 0.6 is 0 Å². The van der Waals surface area contributed by atoms with Gasteiger partial charge in [-0.25, -0.2) is 0 Å². The van der Waals surface area contributed by atoms with Crippen molar-refractivity contribution >= 4 is 11.9 Å². The largest absolute Gasteiger partial charge is 0.465 e. The van der Waals surface area contributed by atoms with E-state index in [0.29, 0.717) is 0 Å². The molecule has 0 aliphatic heterocycles. The fourth-order valence-electron chi connectivity index (χ4n) is 3.91. The molecule has 0 aromatic heterocycles. The molecule has 0 amide bonds. The predicted octanol–water partition coefficient (Wildman–Crippen LogP) is 7.66. The molecular formula is C25H20F12O4. The van der Waals surface area contributed by atoms with Crippen LogP contribution in [0.15, 0.2) is 36.4 Å². The maximum atomic E-state index is 13.4. The number of carbonyl (C=O) groups is 2. The van der Waals surface area contributed by atoms with E-state index in [1.54, 1.807) is 0 Å². The summed E-state index contributed by atoms with van der Waals surface area (Å²) < 4.78 is 171. The number of benzene rings is 2. The molecule has 0 unspecified atom stereocenters. The summed E-state index contributed by atoms with van der Waals surface area (Å²) in [4.78, 5) is 26.2. The van der Waals surface area contributed by atoms with E-state index < -0.39 is 101 Å². The van der Waals surface area contributed by atoms with Crippen molar-refractivity contribution < 1.29 is 71.7 Å². The molecule has 0 fully saturated rings. The second-order valence-electron chi connectivity index (χ2n) is 8.70. The van der Waals surface area contributed by atoms with Crippen molar-refractivity contribution in [2.24, 2.45) is 5.41 Å². The summed E-state index contributed by atoms with van der Waals surface area (Å²) >= 11 is 0. The second kappa shape index (κ2) is 11.8. The lowest BCUT2D eigenvalue weighted by molar-refractivity contribution is -0.172. The van der Waals surface area contributed by atoms with Gasteiger partial charge in [0.1, 0.15) is 0 Å². The van der Waals surface area contributed by atoms with Crippen LogP contribution in [-0.4, -0.2) is 25.2 Å². The highest BCUT2D eigenvalue weighted by Gasteiger charge is 2.50. The molecule has 4 nitrogen and oxygen atoms in total. The lowest BCUT2D eigenvalue weighted by Gasteiger charge is -2.30. The second-order valence-corrected chi connectivity index (χ2v) is 8.70. The number of carbonyl (C=O) groups excluding carboxylic acids is 2. The standard InChI is InChI=1S/C25H20F12O4/c1-3-40-19(38)21(20(39)41-4-2,11-13-5-15(22(26,27)28)9-16(6-13)23(29,30)31)12-14-7-17(24(32,33)34)10-18(8-14)25(35,36)37/h5-10H,3-4,11-12H2,1-2H3. The summed E-state index contributed by atoms with van der Waals surface area (Å²) in [5.41, 5.74) is -12.3. The van der Waals surface area contributed by atoms with Crippen molar-refractivity contribution in [2.75, 3.05) is 13.2 Å². The van der Waals surface area contributed by atoms with Crippen LogP contribution in [0.4, 0.5) is 52.7 Å². The molecule has 2 aromatic carbocycles. The van der Waals surface area contributed by atoms with E-state index in [-0.39, 0.29) is 36.4 Å². The van der Waals surface area contributed by atoms with Gasteiger partial charge in [0.15, 0.2) is 5.41 Å². The van der Waals surface area contributed by atoms with E-state index in [1.807, 2.05) is 0 Å². The van der Waals surface area contributed by atoms with Gasteiger partial charge in [-0.05, 0) is 74.2 Å². The van der Waals surface area contributed by atoms with Gasteiger partial charge in [-0.1, -0.05) is 0 Å². The van der Waals surface area contributed by atoms with Crippen molar-refractivity contribution in [3.63, 3.8) is 0 Å². The Kier molecular flexibility index (Phi) is 9.71. The molecule has 2 rings (SSSR count). The summed E-state index contributed by atoms with van der Waals surface area (Å²) in [6, 6.07) is 0.154. The van der Waals surface area contributed by atoms with Crippen LogP contribution in [-0.2, 0) is 56.6 Å². The first-order valence-corrected chi connectivity index (χ1v) is 11.5. The third kappa shape index (κ3) is 8.28. The molecule has 16 heteroatoms. The molecule has 2 aromatic rings. The topological polar surface area (TPSA) is 52.6 Å². The van der Waals surface area contributed by atoms with Gasteiger partial charge in [0, 0.05) is 0 Å². The number of hydrogen-bond acceptors (Lipinski definition) is 4. The lowest BCUT2D eigenvalue weighted by Crippen LogP contribution is -2.46. The molecule has 0 N–H and O–H groups in total. The van der Waals surface area contributed by atoms with Gasteiger partial charge in [-0.15, -0.1) is 0 Å². The Hall–Kier alpha value is -3.46. The molecular weight excluding hydrogens is 592 g/mol. The van der Waals surface area contributed by atoms with Crippen molar-refractivity contribution in [2.45, 2.75) is 51.4 Å². The Bertz CT molecular complexity index is 1100. The van der Waals surface area contributed by atoms with Crippen LogP contribution in [0, 0.1) is 5.41 Å². The minimum absolute atomic E-state index is 0.162. The van der Waals surface area contributed by atoms with Gasteiger partial charge >= 0.3 is 36.6 Å². The molecule has 0 bridgehead atoms. The van der Waals surface area contributed by atoms with Crippen LogP contribution in [0.3, 0.4) is 0 Å². The first-order valence-electron chi connectivity index (χ1n) is 11.5. The van der Waals surface area contributed by atoms with E-state index in [4.69, 9.17) is 9.47 Å². The van der Waals surface area contributed by atoms with E-state index in [0.717, 1.165) is 0 Å². The molecule has 0 spiro atoms. The molecule has 0 heterocycles. The van der Waals surface area contributed by atoms with Gasteiger partial charge in [0.25, 0.3) is 0 Å². The van der Waals surface area contributed by atoms with Crippen LogP contribution < -0.4 is 0 Å². The molecule has 0 aliphatic carbocycles. The van der Waals surface area contributed by atoms with Crippen molar-refractivity contribution in [3.8, 4) is 0 Å². The smallest absolute Gasteiger partial charge is 0.416 e. The number of esters is 2. The number of hydrogen-bond donors (Lipinski definition) is 0. The molecule has 0 atom stereocenters. The zero-order valence-corrected chi connectivity index (χ0v) is 21.0. The van der Waals surface area contributed by atoms with Crippen molar-refractivity contribution in [3.05, 3.63) is 69.8 Å². The maximum Gasteiger partial charge on any atom is 0.416 e. The number of rotatable bonds is 8. The molecule has 0 saturated carbocycles. The Morgan fingerprint density at radius 1 is 0.512 bits per heavy atom. The number of halogens is 12. The maximum absolute atomic E-state index is 13.4. The SMILES string of the molecule is CCOC(=O)C(Cc1cc(C(F)(F)F)cc(C(F)(F)F)c1)(Cc1cc(C(F)(F)F)cc(C(F)(F)F)c1)C(=O)OCC. The van der Waals surface area contributed by atoms with Crippen molar-refractivity contribution in [1.29, 1.82) is 0 Å². The van der Waals surface area contributed by atoms with Crippen LogP contribution in [0.5, 0.6) is 0 Å². The highest BCUT2D eigenvalue weighted by atomic mass is 19.4. The normalized spacial score (nSPS) is 13.2. The fourth-order valence-corrected chi connectivity index (χ4v) is 3.91. The average molecular weight is 612 g/mol. The number of alkyl halides is 12. The lowest BCUT2D eigenvalue weighted by atomic mass is 9.75. The van der Waals surface area contributed by atoms with E-state index in [1.165, 1.54) is 13.8 Å². The Balaban J connectivity index is 2.90. The zero-order valence-electron chi connectivity index (χ0n) is 21.0. The molecule has 0 radical (unpaired) electrons. The summed E-state index contributed by atoms with van der Waals surface area (Å²) in [6.45, 7) is 1.30. The van der Waals surface area contributed by atoms with Crippen LogP contribution in [0.25, 0.3) is 0 Å². The third-order valence-corrected chi connectivity index (χ3v) is 5.64. The predicted molar refractivity (Wildman–Crippen MR) is 116 cm³/mol. The van der Waals surface area contributed by atoms with Crippen LogP contribution in [0.1, 0.15) is 47.2 Å². The van der Waals surface area contributed by atoms with Gasteiger partial charge < -0.3 is 9.47 Å². The highest BCUT2D eigenvalue weighted by Crippen LogP contribution is 2.41. The summed E-state index contributed by atoms with van der Waals surface area (Å²) in [5, 5.41) is 0. The zero-order chi connectivity index (χ0) is 31.6. The van der Waals surface area contributed by atoms with E-state index in [2.05, 4.69) is 0 Å². The van der Waals surface area contributed by atoms with Crippen molar-refractivity contribution in [1.82, 2.24) is 0 Å². The van der Waals surface area contributed by atoms with Gasteiger partial charge in [-0.3, -0.25) is 9.59 Å². The average Bonchev–Trinajstić information content (AvgIpc) is 2.81. The quantitative estimate of drug-likeness (QED) is 0.175. The monoisotopic (exact) mass is 612 g/mol. The van der Waals surface area contributed by atoms with Crippen LogP contribution in [0.2, 0.25) is 0 Å². The Morgan fingerprint density at radius 3 is 0.951 bits per heavy atom. The van der Waals surface area contributed by atoms with Gasteiger partial charge in [-0.2, -0.15) is 52.7 Å². The summed E-state index contributed by atoms with van der Waals surface area (Å²) in [5.74, 6) is -3.31. The van der Waals surface area contributed by atoms with Gasteiger partial charge in [0.05, 0.1) is 35.5 Å². The number of ether oxygens (including phenoxy) is 2. The molecule has 41 heavy (non-hydrogen) atoms. The highest BCUT2D eigenvalue weighted by molar-refractivity contribution is 6.00. The third-order valence-electron chi connectivity index (χ3n) is 5.64. The minimum Gasteiger partial charge on any atom is -0.465 e. The summed E-state index contributed by atoms with van der Waals surface area (Å²) in [7, 11) is 0. The first kappa shape index (κ1) is 33.7. The van der Waals surface area contributed by atoms with E-state index >= 15 is 0 Å². The van der Waals surface area contributed by atoms with Gasteiger partial charge in [0.2, 0.25) is 0 Å². The van der Waals surface area contributed by atoms with E-state index in [9.17, 15) is 62.3 Å². The summed E-state index contributed by atoms with van der Waals surface area (Å²) in [6.07, 6.45) is -24.1. The molecule has 228 valence electrons. The Labute approximate surface area is 224 Å².